The van der Waals surface area contributed by atoms with Gasteiger partial charge in [-0.3, -0.25) is 14.4 Å². The Bertz CT molecular complexity index is 933. The van der Waals surface area contributed by atoms with Crippen LogP contribution in [-0.2, 0) is 28.6 Å². The molecular weight excluding hydrogens is 769 g/mol. The molecule has 0 bridgehead atoms. The van der Waals surface area contributed by atoms with Crippen LogP contribution in [0.1, 0.15) is 317 Å². The highest BCUT2D eigenvalue weighted by Crippen LogP contribution is 2.18. The van der Waals surface area contributed by atoms with Crippen LogP contribution in [-0.4, -0.2) is 37.2 Å². The zero-order valence-corrected chi connectivity index (χ0v) is 42.3. The van der Waals surface area contributed by atoms with E-state index in [0.717, 1.165) is 63.7 Å². The first-order chi connectivity index (χ1) is 30.4. The summed E-state index contributed by atoms with van der Waals surface area (Å²) in [4.78, 5) is 38.1. The number of esters is 3. The van der Waals surface area contributed by atoms with Gasteiger partial charge in [0, 0.05) is 19.3 Å². The molecular formula is C56H108O6. The van der Waals surface area contributed by atoms with Crippen LogP contribution in [0.5, 0.6) is 0 Å². The van der Waals surface area contributed by atoms with Crippen LogP contribution in [0.25, 0.3) is 0 Å². The molecule has 1 atom stereocenters. The summed E-state index contributed by atoms with van der Waals surface area (Å²) in [6.07, 6.45) is 53.7. The summed E-state index contributed by atoms with van der Waals surface area (Å²) in [6.45, 7) is 9.04. The van der Waals surface area contributed by atoms with E-state index >= 15 is 0 Å². The van der Waals surface area contributed by atoms with E-state index < -0.39 is 6.10 Å². The summed E-state index contributed by atoms with van der Waals surface area (Å²) in [5, 5.41) is 0. The fourth-order valence-electron chi connectivity index (χ4n) is 8.57. The van der Waals surface area contributed by atoms with Crippen LogP contribution in [0, 0.1) is 5.92 Å². The zero-order chi connectivity index (χ0) is 45.2. The first kappa shape index (κ1) is 60.4. The topological polar surface area (TPSA) is 78.9 Å². The smallest absolute Gasteiger partial charge is 0.306 e. The van der Waals surface area contributed by atoms with Gasteiger partial charge >= 0.3 is 17.9 Å². The Labute approximate surface area is 387 Å². The predicted molar refractivity (Wildman–Crippen MR) is 266 cm³/mol. The Balaban J connectivity index is 4.30. The lowest BCUT2D eigenvalue weighted by Gasteiger charge is -2.18. The van der Waals surface area contributed by atoms with Crippen molar-refractivity contribution in [3.63, 3.8) is 0 Å². The maximum atomic E-state index is 12.8. The molecule has 0 aromatic heterocycles. The standard InChI is InChI=1S/C56H108O6/c1-5-7-9-11-13-15-17-19-21-22-24-27-31-35-39-43-47-54(57)60-50-53(62-56(59)49-45-41-37-33-28-23-20-18-16-14-12-10-8-6-2)51-61-55(58)48-44-40-36-32-29-25-26-30-34-38-42-46-52(3)4/h52-53H,5-51H2,1-4H3/t53-/m1/s1. The van der Waals surface area contributed by atoms with Crippen LogP contribution < -0.4 is 0 Å². The fraction of sp³-hybridized carbons (Fsp3) is 0.946. The second kappa shape index (κ2) is 50.4. The minimum atomic E-state index is -0.761. The van der Waals surface area contributed by atoms with E-state index in [2.05, 4.69) is 27.7 Å². The average molecular weight is 877 g/mol. The molecule has 0 aliphatic rings. The molecule has 0 aromatic carbocycles. The second-order valence-electron chi connectivity index (χ2n) is 19.7. The molecule has 0 N–H and O–H groups in total. The lowest BCUT2D eigenvalue weighted by molar-refractivity contribution is -0.167. The minimum Gasteiger partial charge on any atom is -0.462 e. The summed E-state index contributed by atoms with van der Waals surface area (Å²) in [7, 11) is 0. The van der Waals surface area contributed by atoms with E-state index in [-0.39, 0.29) is 31.1 Å². The fourth-order valence-corrected chi connectivity index (χ4v) is 8.57. The van der Waals surface area contributed by atoms with E-state index in [9.17, 15) is 14.4 Å². The molecule has 0 saturated carbocycles. The Hall–Kier alpha value is -1.59. The quantitative estimate of drug-likeness (QED) is 0.0344. The van der Waals surface area contributed by atoms with Crippen LogP contribution in [0.3, 0.4) is 0 Å². The van der Waals surface area contributed by atoms with Gasteiger partial charge in [-0.25, -0.2) is 0 Å². The molecule has 0 saturated heterocycles. The number of ether oxygens (including phenoxy) is 3. The number of carbonyl (C=O) groups is 3. The number of hydrogen-bond acceptors (Lipinski definition) is 6. The van der Waals surface area contributed by atoms with Gasteiger partial charge in [0.2, 0.25) is 0 Å². The highest BCUT2D eigenvalue weighted by atomic mass is 16.6. The van der Waals surface area contributed by atoms with E-state index in [1.165, 1.54) is 212 Å². The molecule has 6 heteroatoms. The molecule has 0 aliphatic carbocycles. The number of unbranched alkanes of at least 4 members (excludes halogenated alkanes) is 38. The van der Waals surface area contributed by atoms with Gasteiger partial charge < -0.3 is 14.2 Å². The van der Waals surface area contributed by atoms with Crippen molar-refractivity contribution >= 4 is 17.9 Å². The molecule has 0 amide bonds. The van der Waals surface area contributed by atoms with E-state index in [1.54, 1.807) is 0 Å². The monoisotopic (exact) mass is 877 g/mol. The number of hydrogen-bond donors (Lipinski definition) is 0. The van der Waals surface area contributed by atoms with Crippen molar-refractivity contribution in [3.05, 3.63) is 0 Å². The summed E-state index contributed by atoms with van der Waals surface area (Å²) in [5.41, 5.74) is 0. The SMILES string of the molecule is CCCCCCCCCCCCCCCCCCC(=O)OC[C@H](COC(=O)CCCCCCCCCCCCCC(C)C)OC(=O)CCCCCCCCCCCCCCCC. The second-order valence-corrected chi connectivity index (χ2v) is 19.7. The lowest BCUT2D eigenvalue weighted by atomic mass is 10.0. The van der Waals surface area contributed by atoms with Gasteiger partial charge in [0.25, 0.3) is 0 Å². The average Bonchev–Trinajstić information content (AvgIpc) is 3.26. The van der Waals surface area contributed by atoms with Crippen molar-refractivity contribution in [2.75, 3.05) is 13.2 Å². The molecule has 0 aliphatic heterocycles. The molecule has 0 radical (unpaired) electrons. The Morgan fingerprint density at radius 2 is 0.532 bits per heavy atom. The summed E-state index contributed by atoms with van der Waals surface area (Å²) >= 11 is 0. The van der Waals surface area contributed by atoms with Crippen molar-refractivity contribution < 1.29 is 28.6 Å². The van der Waals surface area contributed by atoms with Gasteiger partial charge in [-0.2, -0.15) is 0 Å². The number of rotatable bonds is 51. The van der Waals surface area contributed by atoms with Crippen LogP contribution >= 0.6 is 0 Å². The third-order valence-corrected chi connectivity index (χ3v) is 12.8. The van der Waals surface area contributed by atoms with Gasteiger partial charge in [-0.1, -0.05) is 278 Å². The highest BCUT2D eigenvalue weighted by molar-refractivity contribution is 5.71. The molecule has 0 spiro atoms. The minimum absolute atomic E-state index is 0.0621. The van der Waals surface area contributed by atoms with Crippen molar-refractivity contribution in [3.8, 4) is 0 Å². The predicted octanol–water partition coefficient (Wildman–Crippen LogP) is 18.2. The maximum absolute atomic E-state index is 12.8. The Morgan fingerprint density at radius 1 is 0.306 bits per heavy atom. The summed E-state index contributed by atoms with van der Waals surface area (Å²) in [5.74, 6) is -0.0113. The third-order valence-electron chi connectivity index (χ3n) is 12.8. The molecule has 0 rings (SSSR count). The zero-order valence-electron chi connectivity index (χ0n) is 42.3. The maximum Gasteiger partial charge on any atom is 0.306 e. The molecule has 0 fully saturated rings. The molecule has 0 aromatic rings. The largest absolute Gasteiger partial charge is 0.462 e. The van der Waals surface area contributed by atoms with Crippen molar-refractivity contribution in [1.29, 1.82) is 0 Å². The van der Waals surface area contributed by atoms with Crippen molar-refractivity contribution in [2.24, 2.45) is 5.92 Å². The van der Waals surface area contributed by atoms with Crippen LogP contribution in [0.15, 0.2) is 0 Å². The molecule has 0 unspecified atom stereocenters. The molecule has 6 nitrogen and oxygen atoms in total. The van der Waals surface area contributed by atoms with Crippen LogP contribution in [0.2, 0.25) is 0 Å². The third kappa shape index (κ3) is 49.4. The van der Waals surface area contributed by atoms with E-state index in [4.69, 9.17) is 14.2 Å². The Morgan fingerprint density at radius 3 is 0.790 bits per heavy atom. The van der Waals surface area contributed by atoms with Crippen molar-refractivity contribution in [2.45, 2.75) is 323 Å². The van der Waals surface area contributed by atoms with Gasteiger partial charge in [0.15, 0.2) is 6.10 Å². The molecule has 368 valence electrons. The van der Waals surface area contributed by atoms with E-state index in [1.807, 2.05) is 0 Å². The molecule has 0 heterocycles. The van der Waals surface area contributed by atoms with Crippen molar-refractivity contribution in [1.82, 2.24) is 0 Å². The first-order valence-corrected chi connectivity index (χ1v) is 27.9. The van der Waals surface area contributed by atoms with Gasteiger partial charge in [0.05, 0.1) is 0 Å². The highest BCUT2D eigenvalue weighted by Gasteiger charge is 2.19. The summed E-state index contributed by atoms with van der Waals surface area (Å²) < 4.78 is 16.9. The van der Waals surface area contributed by atoms with Gasteiger partial charge in [-0.05, 0) is 25.2 Å². The molecule has 62 heavy (non-hydrogen) atoms. The van der Waals surface area contributed by atoms with Crippen LogP contribution in [0.4, 0.5) is 0 Å². The normalized spacial score (nSPS) is 12.0. The lowest BCUT2D eigenvalue weighted by Crippen LogP contribution is -2.30. The van der Waals surface area contributed by atoms with Gasteiger partial charge in [0.1, 0.15) is 13.2 Å². The summed E-state index contributed by atoms with van der Waals surface area (Å²) in [6, 6.07) is 0. The van der Waals surface area contributed by atoms with E-state index in [0.29, 0.717) is 19.3 Å². The Kier molecular flexibility index (Phi) is 49.1. The number of carbonyl (C=O) groups excluding carboxylic acids is 3. The van der Waals surface area contributed by atoms with Gasteiger partial charge in [-0.15, -0.1) is 0 Å². The first-order valence-electron chi connectivity index (χ1n) is 27.9.